The van der Waals surface area contributed by atoms with Gasteiger partial charge in [-0.2, -0.15) is 0 Å². The minimum Gasteiger partial charge on any atom is -0.392 e. The molecule has 0 atom stereocenters. The summed E-state index contributed by atoms with van der Waals surface area (Å²) in [5, 5.41) is 12.4. The number of benzene rings is 2. The zero-order valence-corrected chi connectivity index (χ0v) is 16.0. The third-order valence-electron chi connectivity index (χ3n) is 4.40. The Kier molecular flexibility index (Phi) is 6.39. The van der Waals surface area contributed by atoms with Crippen LogP contribution >= 0.6 is 0 Å². The van der Waals surface area contributed by atoms with E-state index in [4.69, 9.17) is 0 Å². The zero-order valence-electron chi connectivity index (χ0n) is 16.0. The van der Waals surface area contributed by atoms with E-state index in [1.807, 2.05) is 48.5 Å². The summed E-state index contributed by atoms with van der Waals surface area (Å²) in [6.45, 7) is 0.700. The van der Waals surface area contributed by atoms with Crippen LogP contribution in [0.25, 0.3) is 11.3 Å². The van der Waals surface area contributed by atoms with Crippen LogP contribution in [0.3, 0.4) is 0 Å². The van der Waals surface area contributed by atoms with Gasteiger partial charge in [0.2, 0.25) is 0 Å². The van der Waals surface area contributed by atoms with Crippen molar-refractivity contribution < 1.29 is 9.50 Å². The molecular formula is C21H24FN5O. The van der Waals surface area contributed by atoms with Crippen LogP contribution in [0.2, 0.25) is 0 Å². The number of aliphatic imine (C=N–C) groups is 1. The van der Waals surface area contributed by atoms with Crippen LogP contribution in [-0.4, -0.2) is 40.0 Å². The molecule has 146 valence electrons. The van der Waals surface area contributed by atoms with Gasteiger partial charge < -0.3 is 20.3 Å². The maximum absolute atomic E-state index is 13.5. The first-order chi connectivity index (χ1) is 13.6. The lowest BCUT2D eigenvalue weighted by Crippen LogP contribution is -2.38. The highest BCUT2D eigenvalue weighted by Crippen LogP contribution is 2.16. The Labute approximate surface area is 163 Å². The highest BCUT2D eigenvalue weighted by Gasteiger charge is 2.10. The molecule has 3 aromatic rings. The lowest BCUT2D eigenvalue weighted by Gasteiger charge is -2.21. The summed E-state index contributed by atoms with van der Waals surface area (Å²) in [4.78, 5) is 14.0. The number of halogens is 1. The van der Waals surface area contributed by atoms with Gasteiger partial charge in [0.25, 0.3) is 0 Å². The fourth-order valence-electron chi connectivity index (χ4n) is 2.93. The van der Waals surface area contributed by atoms with Gasteiger partial charge >= 0.3 is 0 Å². The second-order valence-electron chi connectivity index (χ2n) is 6.45. The SMILES string of the molecule is CN=C(NCc1ccc(F)c(CO)c1)N(C)Cc1ncc(-c2ccccc2)[nH]1. The number of hydrogen-bond acceptors (Lipinski definition) is 3. The van der Waals surface area contributed by atoms with Crippen molar-refractivity contribution in [3.8, 4) is 11.3 Å². The van der Waals surface area contributed by atoms with E-state index < -0.39 is 5.82 Å². The van der Waals surface area contributed by atoms with Crippen molar-refractivity contribution in [2.24, 2.45) is 4.99 Å². The van der Waals surface area contributed by atoms with Crippen molar-refractivity contribution in [1.29, 1.82) is 0 Å². The van der Waals surface area contributed by atoms with Crippen molar-refractivity contribution in [3.63, 3.8) is 0 Å². The number of H-pyrrole nitrogens is 1. The molecule has 0 aliphatic rings. The molecule has 0 saturated carbocycles. The van der Waals surface area contributed by atoms with Crippen molar-refractivity contribution in [3.05, 3.63) is 77.5 Å². The molecule has 0 radical (unpaired) electrons. The lowest BCUT2D eigenvalue weighted by molar-refractivity contribution is 0.275. The number of aromatic amines is 1. The highest BCUT2D eigenvalue weighted by molar-refractivity contribution is 5.79. The molecule has 7 heteroatoms. The summed E-state index contributed by atoms with van der Waals surface area (Å²) in [7, 11) is 3.63. The number of aliphatic hydroxyl groups is 1. The molecule has 0 saturated heterocycles. The number of hydrogen-bond donors (Lipinski definition) is 3. The summed E-state index contributed by atoms with van der Waals surface area (Å²) in [5.41, 5.74) is 3.20. The third kappa shape index (κ3) is 4.75. The first-order valence-electron chi connectivity index (χ1n) is 9.00. The minimum absolute atomic E-state index is 0.284. The van der Waals surface area contributed by atoms with E-state index in [-0.39, 0.29) is 12.2 Å². The van der Waals surface area contributed by atoms with E-state index in [2.05, 4.69) is 20.3 Å². The van der Waals surface area contributed by atoms with Crippen LogP contribution in [0.15, 0.2) is 59.7 Å². The Morgan fingerprint density at radius 3 is 2.75 bits per heavy atom. The van der Waals surface area contributed by atoms with Crippen LogP contribution in [0.1, 0.15) is 17.0 Å². The van der Waals surface area contributed by atoms with Crippen LogP contribution in [-0.2, 0) is 19.7 Å². The monoisotopic (exact) mass is 381 g/mol. The average molecular weight is 381 g/mol. The smallest absolute Gasteiger partial charge is 0.194 e. The van der Waals surface area contributed by atoms with Gasteiger partial charge in [0, 0.05) is 26.2 Å². The molecule has 0 unspecified atom stereocenters. The molecule has 3 rings (SSSR count). The number of nitrogens with zero attached hydrogens (tertiary/aromatic N) is 3. The molecule has 1 heterocycles. The normalized spacial score (nSPS) is 11.5. The van der Waals surface area contributed by atoms with E-state index >= 15 is 0 Å². The average Bonchev–Trinajstić information content (AvgIpc) is 3.18. The van der Waals surface area contributed by atoms with Gasteiger partial charge in [-0.15, -0.1) is 0 Å². The first-order valence-corrected chi connectivity index (χ1v) is 9.00. The summed E-state index contributed by atoms with van der Waals surface area (Å²) >= 11 is 0. The van der Waals surface area contributed by atoms with E-state index in [1.54, 1.807) is 19.2 Å². The second-order valence-corrected chi connectivity index (χ2v) is 6.45. The predicted molar refractivity (Wildman–Crippen MR) is 108 cm³/mol. The number of imidazole rings is 1. The summed E-state index contributed by atoms with van der Waals surface area (Å²) < 4.78 is 13.5. The topological polar surface area (TPSA) is 76.5 Å². The molecule has 2 aromatic carbocycles. The quantitative estimate of drug-likeness (QED) is 0.453. The van der Waals surface area contributed by atoms with E-state index in [1.165, 1.54) is 6.07 Å². The van der Waals surface area contributed by atoms with Crippen molar-refractivity contribution in [2.45, 2.75) is 19.7 Å². The van der Waals surface area contributed by atoms with Crippen molar-refractivity contribution >= 4 is 5.96 Å². The van der Waals surface area contributed by atoms with E-state index in [9.17, 15) is 9.50 Å². The standard InChI is InChI=1S/C21H24FN5O/c1-23-21(25-11-15-8-9-18(22)17(10-15)14-28)27(2)13-20-24-12-19(26-20)16-6-4-3-5-7-16/h3-10,12,28H,11,13-14H2,1-2H3,(H,23,25)(H,24,26). The minimum atomic E-state index is -0.403. The van der Waals surface area contributed by atoms with Gasteiger partial charge in [0.05, 0.1) is 25.0 Å². The highest BCUT2D eigenvalue weighted by atomic mass is 19.1. The van der Waals surface area contributed by atoms with Crippen molar-refractivity contribution in [2.75, 3.05) is 14.1 Å². The Bertz CT molecular complexity index is 939. The predicted octanol–water partition coefficient (Wildman–Crippen LogP) is 2.92. The molecule has 0 fully saturated rings. The van der Waals surface area contributed by atoms with Gasteiger partial charge in [-0.25, -0.2) is 9.37 Å². The maximum Gasteiger partial charge on any atom is 0.194 e. The van der Waals surface area contributed by atoms with Crippen LogP contribution in [0, 0.1) is 5.82 Å². The molecule has 0 spiro atoms. The van der Waals surface area contributed by atoms with Crippen LogP contribution < -0.4 is 5.32 Å². The van der Waals surface area contributed by atoms with Gasteiger partial charge in [-0.3, -0.25) is 4.99 Å². The number of nitrogens with one attached hydrogen (secondary N) is 2. The lowest BCUT2D eigenvalue weighted by atomic mass is 10.1. The Hall–Kier alpha value is -3.19. The van der Waals surface area contributed by atoms with Crippen LogP contribution in [0.5, 0.6) is 0 Å². The van der Waals surface area contributed by atoms with Crippen molar-refractivity contribution in [1.82, 2.24) is 20.2 Å². The molecule has 0 bridgehead atoms. The Balaban J connectivity index is 1.61. The number of guanidine groups is 1. The van der Waals surface area contributed by atoms with E-state index in [0.29, 0.717) is 19.0 Å². The summed E-state index contributed by atoms with van der Waals surface area (Å²) in [6.07, 6.45) is 1.82. The molecule has 0 amide bonds. The summed E-state index contributed by atoms with van der Waals surface area (Å²) in [5.74, 6) is 1.11. The van der Waals surface area contributed by atoms with Gasteiger partial charge in [0.15, 0.2) is 5.96 Å². The Morgan fingerprint density at radius 1 is 1.25 bits per heavy atom. The van der Waals surface area contributed by atoms with Gasteiger partial charge in [-0.05, 0) is 23.3 Å². The summed E-state index contributed by atoms with van der Waals surface area (Å²) in [6, 6.07) is 14.7. The molecule has 6 nitrogen and oxygen atoms in total. The molecular weight excluding hydrogens is 357 g/mol. The Morgan fingerprint density at radius 2 is 2.04 bits per heavy atom. The second kappa shape index (κ2) is 9.14. The number of aliphatic hydroxyl groups excluding tert-OH is 1. The van der Waals surface area contributed by atoms with Crippen LogP contribution in [0.4, 0.5) is 4.39 Å². The largest absolute Gasteiger partial charge is 0.392 e. The van der Waals surface area contributed by atoms with E-state index in [0.717, 1.165) is 22.6 Å². The first kappa shape index (κ1) is 19.6. The van der Waals surface area contributed by atoms with Gasteiger partial charge in [-0.1, -0.05) is 36.4 Å². The zero-order chi connectivity index (χ0) is 19.9. The maximum atomic E-state index is 13.5. The van der Waals surface area contributed by atoms with Gasteiger partial charge in [0.1, 0.15) is 11.6 Å². The molecule has 1 aromatic heterocycles. The number of aromatic nitrogens is 2. The molecule has 3 N–H and O–H groups in total. The third-order valence-corrected chi connectivity index (χ3v) is 4.40. The molecule has 0 aliphatic carbocycles. The molecule has 0 aliphatic heterocycles. The fourth-order valence-corrected chi connectivity index (χ4v) is 2.93. The fraction of sp³-hybridized carbons (Fsp3) is 0.238. The number of rotatable bonds is 6. The molecule has 28 heavy (non-hydrogen) atoms.